The van der Waals surface area contributed by atoms with Gasteiger partial charge in [-0.1, -0.05) is 41.1 Å². The first-order chi connectivity index (χ1) is 14.3. The van der Waals surface area contributed by atoms with E-state index in [-0.39, 0.29) is 17.6 Å². The van der Waals surface area contributed by atoms with Gasteiger partial charge in [0.1, 0.15) is 5.82 Å². The fourth-order valence-corrected chi connectivity index (χ4v) is 4.70. The average molecular weight is 466 g/mol. The van der Waals surface area contributed by atoms with Crippen LogP contribution in [0.1, 0.15) is 43.7 Å². The van der Waals surface area contributed by atoms with E-state index < -0.39 is 5.92 Å². The number of nitrogens with zero attached hydrogens (tertiary/aromatic N) is 1. The molecule has 0 saturated carbocycles. The maximum absolute atomic E-state index is 13.4. The van der Waals surface area contributed by atoms with Gasteiger partial charge in [-0.05, 0) is 55.5 Å². The number of rotatable bonds is 3. The maximum atomic E-state index is 13.4. The number of halogens is 1. The molecule has 2 aliphatic rings. The van der Waals surface area contributed by atoms with Crippen molar-refractivity contribution in [3.63, 3.8) is 0 Å². The van der Waals surface area contributed by atoms with Crippen LogP contribution in [-0.4, -0.2) is 16.7 Å². The van der Waals surface area contributed by atoms with Gasteiger partial charge in [0, 0.05) is 45.5 Å². The number of ketones is 1. The Morgan fingerprint density at radius 1 is 1.20 bits per heavy atom. The third kappa shape index (κ3) is 3.97. The molecule has 1 amide bonds. The fraction of sp³-hybridized carbons (Fsp3) is 0.292. The highest BCUT2D eigenvalue weighted by Gasteiger charge is 2.39. The Kier molecular flexibility index (Phi) is 5.60. The largest absolute Gasteiger partial charge is 0.362 e. The summed E-state index contributed by atoms with van der Waals surface area (Å²) in [6, 6.07) is 11.5. The van der Waals surface area contributed by atoms with Crippen molar-refractivity contribution in [3.8, 4) is 0 Å². The van der Waals surface area contributed by atoms with Crippen molar-refractivity contribution in [2.75, 3.05) is 5.32 Å². The van der Waals surface area contributed by atoms with Crippen molar-refractivity contribution < 1.29 is 9.59 Å². The zero-order valence-corrected chi connectivity index (χ0v) is 18.8. The van der Waals surface area contributed by atoms with Crippen LogP contribution in [0.5, 0.6) is 0 Å². The summed E-state index contributed by atoms with van der Waals surface area (Å²) in [6.45, 7) is 5.93. The first kappa shape index (κ1) is 20.5. The van der Waals surface area contributed by atoms with Crippen LogP contribution in [0.25, 0.3) is 0 Å². The van der Waals surface area contributed by atoms with E-state index in [4.69, 9.17) is 0 Å². The number of nitrogens with one attached hydrogen (secondary N) is 2. The molecule has 1 aromatic heterocycles. The summed E-state index contributed by atoms with van der Waals surface area (Å²) in [5.41, 5.74) is 4.90. The monoisotopic (exact) mass is 465 g/mol. The van der Waals surface area contributed by atoms with Crippen molar-refractivity contribution in [1.29, 1.82) is 0 Å². The summed E-state index contributed by atoms with van der Waals surface area (Å²) in [6.07, 6.45) is 3.02. The number of Topliss-reactive ketones (excluding diaryl/α,β-unsaturated/α-hetero) is 1. The van der Waals surface area contributed by atoms with Crippen molar-refractivity contribution >= 4 is 33.4 Å². The molecule has 1 aliphatic heterocycles. The topological polar surface area (TPSA) is 71.1 Å². The first-order valence-corrected chi connectivity index (χ1v) is 10.9. The molecule has 1 aromatic carbocycles. The van der Waals surface area contributed by atoms with E-state index in [1.807, 2.05) is 44.2 Å². The zero-order chi connectivity index (χ0) is 21.4. The molecule has 0 bridgehead atoms. The van der Waals surface area contributed by atoms with Crippen LogP contribution in [-0.2, 0) is 9.59 Å². The van der Waals surface area contributed by atoms with Crippen molar-refractivity contribution in [3.05, 3.63) is 80.7 Å². The van der Waals surface area contributed by atoms with Gasteiger partial charge >= 0.3 is 0 Å². The molecule has 0 saturated heterocycles. The molecule has 6 heteroatoms. The maximum Gasteiger partial charge on any atom is 0.255 e. The average Bonchev–Trinajstić information content (AvgIpc) is 2.68. The zero-order valence-electron chi connectivity index (χ0n) is 17.3. The number of benzene rings is 1. The highest BCUT2D eigenvalue weighted by molar-refractivity contribution is 9.10. The van der Waals surface area contributed by atoms with Gasteiger partial charge in [-0.3, -0.25) is 9.59 Å². The second-order valence-electron chi connectivity index (χ2n) is 8.16. The van der Waals surface area contributed by atoms with Crippen molar-refractivity contribution in [2.24, 2.45) is 5.92 Å². The van der Waals surface area contributed by atoms with Crippen molar-refractivity contribution in [2.45, 2.75) is 39.5 Å². The molecule has 2 unspecified atom stereocenters. The van der Waals surface area contributed by atoms with Crippen LogP contribution in [0.15, 0.2) is 69.6 Å². The van der Waals surface area contributed by atoms with Gasteiger partial charge in [-0.15, -0.1) is 0 Å². The second kappa shape index (κ2) is 8.19. The molecular weight excluding hydrogens is 442 g/mol. The van der Waals surface area contributed by atoms with E-state index in [9.17, 15) is 9.59 Å². The lowest BCUT2D eigenvalue weighted by atomic mass is 9.73. The van der Waals surface area contributed by atoms with Gasteiger partial charge < -0.3 is 10.6 Å². The molecule has 30 heavy (non-hydrogen) atoms. The number of carbonyl (C=O) groups is 2. The highest BCUT2D eigenvalue weighted by atomic mass is 79.9. The lowest BCUT2D eigenvalue weighted by Crippen LogP contribution is -2.37. The predicted molar refractivity (Wildman–Crippen MR) is 121 cm³/mol. The summed E-state index contributed by atoms with van der Waals surface area (Å²) < 4.78 is 0.912. The number of aryl methyl sites for hydroxylation is 1. The molecule has 0 radical (unpaired) electrons. The minimum absolute atomic E-state index is 0.104. The van der Waals surface area contributed by atoms with E-state index in [1.165, 1.54) is 0 Å². The minimum atomic E-state index is -0.413. The molecular formula is C24H24BrN3O2. The predicted octanol–water partition coefficient (Wildman–Crippen LogP) is 5.01. The first-order valence-electron chi connectivity index (χ1n) is 10.1. The Morgan fingerprint density at radius 2 is 2.00 bits per heavy atom. The third-order valence-electron chi connectivity index (χ3n) is 5.61. The SMILES string of the molecule is CC1=C(C(=O)Nc2ccc(C)cn2)C(c2cccc(Br)c2)C2=C(CC(C)CC2=O)N1. The van der Waals surface area contributed by atoms with E-state index in [1.54, 1.807) is 12.3 Å². The number of aromatic nitrogens is 1. The second-order valence-corrected chi connectivity index (χ2v) is 9.07. The molecule has 1 aliphatic carbocycles. The summed E-state index contributed by atoms with van der Waals surface area (Å²) >= 11 is 3.53. The minimum Gasteiger partial charge on any atom is -0.362 e. The highest BCUT2D eigenvalue weighted by Crippen LogP contribution is 2.43. The molecule has 2 N–H and O–H groups in total. The standard InChI is InChI=1S/C24H24BrN3O2/c1-13-7-8-20(26-12-13)28-24(30)21-15(3)27-18-9-14(2)10-19(29)23(18)22(21)16-5-4-6-17(25)11-16/h4-8,11-12,14,22,27H,9-10H2,1-3H3,(H,26,28,30). The van der Waals surface area contributed by atoms with Gasteiger partial charge in [-0.25, -0.2) is 4.98 Å². The van der Waals surface area contributed by atoms with Crippen LogP contribution >= 0.6 is 15.9 Å². The van der Waals surface area contributed by atoms with E-state index in [0.717, 1.165) is 33.4 Å². The van der Waals surface area contributed by atoms with Gasteiger partial charge in [0.25, 0.3) is 5.91 Å². The number of allylic oxidation sites excluding steroid dienone is 3. The quantitative estimate of drug-likeness (QED) is 0.668. The summed E-state index contributed by atoms with van der Waals surface area (Å²) in [7, 11) is 0. The molecule has 0 fully saturated rings. The number of carbonyl (C=O) groups excluding carboxylic acids is 2. The molecule has 2 heterocycles. The smallest absolute Gasteiger partial charge is 0.255 e. The lowest BCUT2D eigenvalue weighted by Gasteiger charge is -2.36. The van der Waals surface area contributed by atoms with Crippen LogP contribution in [0.4, 0.5) is 5.82 Å². The van der Waals surface area contributed by atoms with E-state index >= 15 is 0 Å². The summed E-state index contributed by atoms with van der Waals surface area (Å²) in [5.74, 6) is 0.213. The normalized spacial score (nSPS) is 21.3. The van der Waals surface area contributed by atoms with E-state index in [2.05, 4.69) is 38.5 Å². The summed E-state index contributed by atoms with van der Waals surface area (Å²) in [5, 5.41) is 6.27. The molecule has 4 rings (SSSR count). The Hall–Kier alpha value is -2.73. The molecule has 5 nitrogen and oxygen atoms in total. The van der Waals surface area contributed by atoms with Crippen molar-refractivity contribution in [1.82, 2.24) is 10.3 Å². The molecule has 154 valence electrons. The third-order valence-corrected chi connectivity index (χ3v) is 6.10. The number of pyridine rings is 1. The molecule has 0 spiro atoms. The number of amides is 1. The molecule has 2 aromatic rings. The Morgan fingerprint density at radius 3 is 2.70 bits per heavy atom. The van der Waals surface area contributed by atoms with Crippen LogP contribution in [0.3, 0.4) is 0 Å². The Bertz CT molecular complexity index is 1090. The number of anilines is 1. The fourth-order valence-electron chi connectivity index (χ4n) is 4.28. The molecule has 2 atom stereocenters. The van der Waals surface area contributed by atoms with Gasteiger partial charge in [0.15, 0.2) is 5.78 Å². The van der Waals surface area contributed by atoms with Crippen LogP contribution < -0.4 is 10.6 Å². The van der Waals surface area contributed by atoms with Crippen LogP contribution in [0, 0.1) is 12.8 Å². The lowest BCUT2D eigenvalue weighted by molar-refractivity contribution is -0.117. The van der Waals surface area contributed by atoms with Crippen LogP contribution in [0.2, 0.25) is 0 Å². The van der Waals surface area contributed by atoms with Gasteiger partial charge in [0.2, 0.25) is 0 Å². The van der Waals surface area contributed by atoms with Gasteiger partial charge in [-0.2, -0.15) is 0 Å². The van der Waals surface area contributed by atoms with Gasteiger partial charge in [0.05, 0.1) is 0 Å². The number of dihydropyridines is 1. The van der Waals surface area contributed by atoms with E-state index in [0.29, 0.717) is 23.4 Å². The Balaban J connectivity index is 1.79. The number of hydrogen-bond donors (Lipinski definition) is 2. The number of hydrogen-bond acceptors (Lipinski definition) is 4. The summed E-state index contributed by atoms with van der Waals surface area (Å²) in [4.78, 5) is 30.8. The Labute approximate surface area is 184 Å².